The van der Waals surface area contributed by atoms with Crippen LogP contribution in [0.5, 0.6) is 5.75 Å². The molecule has 3 rings (SSSR count). The summed E-state index contributed by atoms with van der Waals surface area (Å²) in [5, 5.41) is 0. The van der Waals surface area contributed by atoms with Crippen molar-refractivity contribution >= 4 is 23.2 Å². The first-order chi connectivity index (χ1) is 12.9. The molecule has 0 atom stereocenters. The van der Waals surface area contributed by atoms with Crippen LogP contribution in [0.2, 0.25) is 0 Å². The van der Waals surface area contributed by atoms with Gasteiger partial charge < -0.3 is 9.15 Å². The molecule has 0 aliphatic rings. The Kier molecular flexibility index (Phi) is 5.32. The number of methoxy groups -OCH3 is 1. The highest BCUT2D eigenvalue weighted by Gasteiger charge is 2.17. The Morgan fingerprint density at radius 3 is 2.26 bits per heavy atom. The van der Waals surface area contributed by atoms with Crippen LogP contribution in [0.15, 0.2) is 40.8 Å². The Bertz CT molecular complexity index is 986. The summed E-state index contributed by atoms with van der Waals surface area (Å²) in [7, 11) is 1.62. The minimum absolute atomic E-state index is 0.367. The number of benzene rings is 1. The third kappa shape index (κ3) is 4.03. The second-order valence-electron chi connectivity index (χ2n) is 6.04. The molecule has 0 spiro atoms. The molecule has 27 heavy (non-hydrogen) atoms. The topological polar surface area (TPSA) is 80.6 Å². The summed E-state index contributed by atoms with van der Waals surface area (Å²) >= 11 is 1.37. The second kappa shape index (κ2) is 7.67. The summed E-state index contributed by atoms with van der Waals surface area (Å²) in [6.45, 7) is 5.42. The molecule has 0 unspecified atom stereocenters. The van der Waals surface area contributed by atoms with Crippen molar-refractivity contribution in [3.05, 3.63) is 63.2 Å². The van der Waals surface area contributed by atoms with Gasteiger partial charge in [-0.25, -0.2) is 0 Å². The number of hydrogen-bond acceptors (Lipinski definition) is 5. The van der Waals surface area contributed by atoms with E-state index in [4.69, 9.17) is 9.15 Å². The van der Waals surface area contributed by atoms with Crippen molar-refractivity contribution in [1.82, 2.24) is 10.9 Å². The van der Waals surface area contributed by atoms with Gasteiger partial charge in [-0.05, 0) is 56.2 Å². The Morgan fingerprint density at radius 2 is 1.67 bits per heavy atom. The molecule has 2 heterocycles. The first-order valence-corrected chi connectivity index (χ1v) is 9.13. The van der Waals surface area contributed by atoms with Crippen LogP contribution in [-0.2, 0) is 0 Å². The summed E-state index contributed by atoms with van der Waals surface area (Å²) < 4.78 is 10.5. The number of carbonyl (C=O) groups is 2. The fraction of sp³-hybridized carbons (Fsp3) is 0.200. The van der Waals surface area contributed by atoms with E-state index in [0.717, 1.165) is 21.8 Å². The van der Waals surface area contributed by atoms with Crippen molar-refractivity contribution in [2.45, 2.75) is 20.8 Å². The first kappa shape index (κ1) is 18.7. The van der Waals surface area contributed by atoms with E-state index in [9.17, 15) is 9.59 Å². The number of thiophene rings is 1. The van der Waals surface area contributed by atoms with Gasteiger partial charge in [0.15, 0.2) is 0 Å². The van der Waals surface area contributed by atoms with E-state index in [0.29, 0.717) is 22.0 Å². The highest BCUT2D eigenvalue weighted by molar-refractivity contribution is 7.14. The van der Waals surface area contributed by atoms with Crippen LogP contribution in [0.25, 0.3) is 11.1 Å². The van der Waals surface area contributed by atoms with E-state index >= 15 is 0 Å². The Labute approximate surface area is 161 Å². The Hall–Kier alpha value is -3.06. The number of rotatable bonds is 4. The monoisotopic (exact) mass is 384 g/mol. The smallest absolute Gasteiger partial charge is 0.279 e. The lowest BCUT2D eigenvalue weighted by atomic mass is 10.1. The number of hydrogen-bond donors (Lipinski definition) is 2. The van der Waals surface area contributed by atoms with Gasteiger partial charge in [-0.1, -0.05) is 12.1 Å². The summed E-state index contributed by atoms with van der Waals surface area (Å²) in [5.41, 5.74) is 7.25. The largest absolute Gasteiger partial charge is 0.497 e. The van der Waals surface area contributed by atoms with E-state index in [1.165, 1.54) is 11.3 Å². The molecule has 3 aromatic rings. The van der Waals surface area contributed by atoms with Gasteiger partial charge in [-0.3, -0.25) is 20.4 Å². The highest BCUT2D eigenvalue weighted by atomic mass is 32.1. The molecule has 2 aromatic heterocycles. The van der Waals surface area contributed by atoms with E-state index < -0.39 is 5.91 Å². The molecule has 0 aliphatic carbocycles. The van der Waals surface area contributed by atoms with Gasteiger partial charge in [0, 0.05) is 4.88 Å². The molecule has 0 radical (unpaired) electrons. The van der Waals surface area contributed by atoms with E-state index in [2.05, 4.69) is 10.9 Å². The fourth-order valence-electron chi connectivity index (χ4n) is 2.75. The molecule has 0 saturated heterocycles. The lowest BCUT2D eigenvalue weighted by Gasteiger charge is -2.05. The summed E-state index contributed by atoms with van der Waals surface area (Å²) in [6, 6.07) is 11.1. The SMILES string of the molecule is COc1ccc(-c2cc(C(=O)NNC(=O)c3cc(C)oc3C)sc2C)cc1. The number of amides is 2. The van der Waals surface area contributed by atoms with Crippen LogP contribution in [0.4, 0.5) is 0 Å². The van der Waals surface area contributed by atoms with Crippen LogP contribution in [0.1, 0.15) is 36.4 Å². The number of aryl methyl sites for hydroxylation is 3. The maximum atomic E-state index is 12.4. The number of furan rings is 1. The molecule has 0 saturated carbocycles. The molecule has 7 heteroatoms. The number of ether oxygens (including phenoxy) is 1. The molecule has 2 amide bonds. The minimum Gasteiger partial charge on any atom is -0.497 e. The van der Waals surface area contributed by atoms with Gasteiger partial charge in [-0.15, -0.1) is 11.3 Å². The van der Waals surface area contributed by atoms with Crippen LogP contribution in [-0.4, -0.2) is 18.9 Å². The highest BCUT2D eigenvalue weighted by Crippen LogP contribution is 2.31. The zero-order chi connectivity index (χ0) is 19.6. The molecule has 140 valence electrons. The summed E-state index contributed by atoms with van der Waals surface area (Å²) in [6.07, 6.45) is 0. The van der Waals surface area contributed by atoms with Crippen molar-refractivity contribution in [3.63, 3.8) is 0 Å². The summed E-state index contributed by atoms with van der Waals surface area (Å²) in [4.78, 5) is 26.1. The van der Waals surface area contributed by atoms with Gasteiger partial charge in [0.2, 0.25) is 0 Å². The Balaban J connectivity index is 1.70. The van der Waals surface area contributed by atoms with E-state index in [1.807, 2.05) is 37.3 Å². The van der Waals surface area contributed by atoms with E-state index in [1.54, 1.807) is 27.0 Å². The molecular weight excluding hydrogens is 364 g/mol. The first-order valence-electron chi connectivity index (χ1n) is 8.31. The molecule has 1 aromatic carbocycles. The van der Waals surface area contributed by atoms with Crippen LogP contribution >= 0.6 is 11.3 Å². The minimum atomic E-state index is -0.415. The number of hydrazine groups is 1. The zero-order valence-corrected chi connectivity index (χ0v) is 16.3. The van der Waals surface area contributed by atoms with Crippen LogP contribution in [0.3, 0.4) is 0 Å². The maximum absolute atomic E-state index is 12.4. The lowest BCUT2D eigenvalue weighted by molar-refractivity contribution is 0.0848. The van der Waals surface area contributed by atoms with Gasteiger partial charge in [0.1, 0.15) is 17.3 Å². The van der Waals surface area contributed by atoms with Crippen LogP contribution < -0.4 is 15.6 Å². The second-order valence-corrected chi connectivity index (χ2v) is 7.30. The molecule has 2 N–H and O–H groups in total. The van der Waals surface area contributed by atoms with Crippen LogP contribution in [0, 0.1) is 20.8 Å². The molecule has 0 fully saturated rings. The van der Waals surface area contributed by atoms with Crippen molar-refractivity contribution in [2.75, 3.05) is 7.11 Å². The number of carbonyl (C=O) groups excluding carboxylic acids is 2. The predicted molar refractivity (Wildman–Crippen MR) is 104 cm³/mol. The molecule has 0 bridgehead atoms. The fourth-order valence-corrected chi connectivity index (χ4v) is 3.69. The van der Waals surface area contributed by atoms with Crippen molar-refractivity contribution in [2.24, 2.45) is 0 Å². The quantitative estimate of drug-likeness (QED) is 0.666. The van der Waals surface area contributed by atoms with Crippen molar-refractivity contribution < 1.29 is 18.7 Å². The molecule has 6 nitrogen and oxygen atoms in total. The third-order valence-electron chi connectivity index (χ3n) is 4.12. The molecular formula is C20H20N2O4S. The average Bonchev–Trinajstić information content (AvgIpc) is 3.21. The Morgan fingerprint density at radius 1 is 1.00 bits per heavy atom. The normalized spacial score (nSPS) is 10.5. The zero-order valence-electron chi connectivity index (χ0n) is 15.5. The predicted octanol–water partition coefficient (Wildman–Crippen LogP) is 4.02. The number of nitrogens with one attached hydrogen (secondary N) is 2. The summed E-state index contributed by atoms with van der Waals surface area (Å²) in [5.74, 6) is 1.14. The lowest BCUT2D eigenvalue weighted by Crippen LogP contribution is -2.41. The van der Waals surface area contributed by atoms with Crippen molar-refractivity contribution in [3.8, 4) is 16.9 Å². The van der Waals surface area contributed by atoms with Gasteiger partial charge in [0.25, 0.3) is 11.8 Å². The van der Waals surface area contributed by atoms with E-state index in [-0.39, 0.29) is 5.91 Å². The third-order valence-corrected chi connectivity index (χ3v) is 5.17. The van der Waals surface area contributed by atoms with Gasteiger partial charge in [0.05, 0.1) is 17.6 Å². The van der Waals surface area contributed by atoms with Crippen molar-refractivity contribution in [1.29, 1.82) is 0 Å². The average molecular weight is 384 g/mol. The standard InChI is InChI=1S/C20H20N2O4S/c1-11-9-16(12(2)26-11)19(23)21-22-20(24)18-10-17(13(3)27-18)14-5-7-15(25-4)8-6-14/h5-10H,1-4H3,(H,21,23)(H,22,24). The maximum Gasteiger partial charge on any atom is 0.279 e. The molecule has 0 aliphatic heterocycles. The van der Waals surface area contributed by atoms with Gasteiger partial charge in [-0.2, -0.15) is 0 Å². The van der Waals surface area contributed by atoms with Gasteiger partial charge >= 0.3 is 0 Å².